The number of anilines is 2. The van der Waals surface area contributed by atoms with Crippen LogP contribution in [0.3, 0.4) is 0 Å². The maximum absolute atomic E-state index is 5.98. The molecule has 0 bridgehead atoms. The number of hydrogen-bond donors (Lipinski definition) is 1. The Hall–Kier alpha value is -1.81. The zero-order chi connectivity index (χ0) is 13.0. The van der Waals surface area contributed by atoms with Crippen molar-refractivity contribution < 1.29 is 4.74 Å². The molecule has 96 valence electrons. The van der Waals surface area contributed by atoms with E-state index in [0.717, 1.165) is 41.7 Å². The van der Waals surface area contributed by atoms with E-state index >= 15 is 0 Å². The second-order valence-corrected chi connectivity index (χ2v) is 4.36. The van der Waals surface area contributed by atoms with Crippen LogP contribution in [0.2, 0.25) is 0 Å². The van der Waals surface area contributed by atoms with Crippen molar-refractivity contribution in [1.82, 2.24) is 4.98 Å². The first-order valence-corrected chi connectivity index (χ1v) is 6.06. The van der Waals surface area contributed by atoms with Crippen molar-refractivity contribution in [2.75, 3.05) is 37.9 Å². The molecule has 2 aromatic rings. The molecule has 0 amide bonds. The van der Waals surface area contributed by atoms with E-state index in [9.17, 15) is 0 Å². The predicted molar refractivity (Wildman–Crippen MR) is 75.9 cm³/mol. The minimum Gasteiger partial charge on any atom is -0.398 e. The molecule has 0 fully saturated rings. The van der Waals surface area contributed by atoms with E-state index in [-0.39, 0.29) is 0 Å². The molecule has 4 heteroatoms. The Kier molecular flexibility index (Phi) is 3.99. The van der Waals surface area contributed by atoms with E-state index in [1.165, 1.54) is 0 Å². The number of hydrogen-bond acceptors (Lipinski definition) is 4. The number of aromatic nitrogens is 1. The number of nitrogens with zero attached hydrogens (tertiary/aromatic N) is 2. The molecule has 0 saturated carbocycles. The average Bonchev–Trinajstić information content (AvgIpc) is 2.39. The molecule has 0 saturated heterocycles. The normalized spacial score (nSPS) is 10.8. The van der Waals surface area contributed by atoms with Gasteiger partial charge in [0.1, 0.15) is 0 Å². The van der Waals surface area contributed by atoms with Crippen LogP contribution in [-0.4, -0.2) is 32.3 Å². The Morgan fingerprint density at radius 2 is 2.11 bits per heavy atom. The molecule has 0 atom stereocenters. The van der Waals surface area contributed by atoms with Crippen molar-refractivity contribution in [3.63, 3.8) is 0 Å². The molecule has 1 aromatic carbocycles. The molecule has 1 heterocycles. The Labute approximate surface area is 107 Å². The number of rotatable bonds is 5. The van der Waals surface area contributed by atoms with Crippen LogP contribution in [0, 0.1) is 0 Å². The number of methoxy groups -OCH3 is 1. The Morgan fingerprint density at radius 3 is 2.89 bits per heavy atom. The van der Waals surface area contributed by atoms with Gasteiger partial charge in [-0.15, -0.1) is 0 Å². The fraction of sp³-hybridized carbons (Fsp3) is 0.357. The maximum Gasteiger partial charge on any atom is 0.0479 e. The topological polar surface area (TPSA) is 51.4 Å². The second kappa shape index (κ2) is 5.69. The Bertz CT molecular complexity index is 527. The Morgan fingerprint density at radius 1 is 1.28 bits per heavy atom. The van der Waals surface area contributed by atoms with E-state index in [1.807, 2.05) is 24.4 Å². The molecule has 0 unspecified atom stereocenters. The molecule has 2 N–H and O–H groups in total. The van der Waals surface area contributed by atoms with Crippen molar-refractivity contribution >= 4 is 22.1 Å². The third kappa shape index (κ3) is 2.54. The number of fused-ring (bicyclic) bond motifs is 1. The van der Waals surface area contributed by atoms with Crippen LogP contribution in [0.15, 0.2) is 30.6 Å². The first-order valence-electron chi connectivity index (χ1n) is 6.06. The first kappa shape index (κ1) is 12.6. The molecule has 18 heavy (non-hydrogen) atoms. The molecule has 0 spiro atoms. The van der Waals surface area contributed by atoms with Gasteiger partial charge in [0.15, 0.2) is 0 Å². The SMILES string of the molecule is COCCCN(C)c1ccc(N)c2ccncc12. The van der Waals surface area contributed by atoms with E-state index in [4.69, 9.17) is 10.5 Å². The molecule has 2 rings (SSSR count). The van der Waals surface area contributed by atoms with Crippen LogP contribution >= 0.6 is 0 Å². The van der Waals surface area contributed by atoms with Crippen molar-refractivity contribution in [2.24, 2.45) is 0 Å². The highest BCUT2D eigenvalue weighted by atomic mass is 16.5. The highest BCUT2D eigenvalue weighted by Gasteiger charge is 2.07. The average molecular weight is 245 g/mol. The largest absolute Gasteiger partial charge is 0.398 e. The second-order valence-electron chi connectivity index (χ2n) is 4.36. The molecular weight excluding hydrogens is 226 g/mol. The number of nitrogens with two attached hydrogens (primary N) is 1. The van der Waals surface area contributed by atoms with E-state index in [0.29, 0.717) is 0 Å². The van der Waals surface area contributed by atoms with Crippen molar-refractivity contribution in [2.45, 2.75) is 6.42 Å². The smallest absolute Gasteiger partial charge is 0.0479 e. The van der Waals surface area contributed by atoms with Crippen LogP contribution < -0.4 is 10.6 Å². The molecule has 0 radical (unpaired) electrons. The minimum absolute atomic E-state index is 0.773. The number of pyridine rings is 1. The summed E-state index contributed by atoms with van der Waals surface area (Å²) in [7, 11) is 3.80. The van der Waals surface area contributed by atoms with Gasteiger partial charge in [-0.05, 0) is 24.6 Å². The number of nitrogen functional groups attached to an aromatic ring is 1. The third-order valence-electron chi connectivity index (χ3n) is 3.08. The zero-order valence-corrected chi connectivity index (χ0v) is 10.9. The van der Waals surface area contributed by atoms with Gasteiger partial charge in [-0.3, -0.25) is 4.98 Å². The van der Waals surface area contributed by atoms with Crippen molar-refractivity contribution in [1.29, 1.82) is 0 Å². The molecular formula is C14H19N3O. The Balaban J connectivity index is 2.30. The van der Waals surface area contributed by atoms with Crippen LogP contribution in [-0.2, 0) is 4.74 Å². The lowest BCUT2D eigenvalue weighted by Crippen LogP contribution is -2.20. The van der Waals surface area contributed by atoms with Gasteiger partial charge in [-0.25, -0.2) is 0 Å². The van der Waals surface area contributed by atoms with Gasteiger partial charge in [0.05, 0.1) is 0 Å². The summed E-state index contributed by atoms with van der Waals surface area (Å²) in [6.07, 6.45) is 4.64. The fourth-order valence-corrected chi connectivity index (χ4v) is 2.10. The molecule has 4 nitrogen and oxygen atoms in total. The third-order valence-corrected chi connectivity index (χ3v) is 3.08. The van der Waals surface area contributed by atoms with E-state index in [2.05, 4.69) is 16.9 Å². The zero-order valence-electron chi connectivity index (χ0n) is 10.9. The van der Waals surface area contributed by atoms with Crippen molar-refractivity contribution in [3.05, 3.63) is 30.6 Å². The predicted octanol–water partition coefficient (Wildman–Crippen LogP) is 2.29. The lowest BCUT2D eigenvalue weighted by Gasteiger charge is -2.21. The van der Waals surface area contributed by atoms with E-state index in [1.54, 1.807) is 13.3 Å². The van der Waals surface area contributed by atoms with Gasteiger partial charge in [0.2, 0.25) is 0 Å². The van der Waals surface area contributed by atoms with Crippen LogP contribution in [0.5, 0.6) is 0 Å². The van der Waals surface area contributed by atoms with Gasteiger partial charge in [-0.2, -0.15) is 0 Å². The number of benzene rings is 1. The number of ether oxygens (including phenoxy) is 1. The van der Waals surface area contributed by atoms with Crippen LogP contribution in [0.1, 0.15) is 6.42 Å². The van der Waals surface area contributed by atoms with Gasteiger partial charge in [-0.1, -0.05) is 0 Å². The minimum atomic E-state index is 0.773. The van der Waals surface area contributed by atoms with Crippen LogP contribution in [0.4, 0.5) is 11.4 Å². The molecule has 0 aliphatic rings. The highest BCUT2D eigenvalue weighted by Crippen LogP contribution is 2.29. The maximum atomic E-state index is 5.98. The first-order chi connectivity index (χ1) is 8.74. The molecule has 0 aliphatic carbocycles. The molecule has 1 aromatic heterocycles. The standard InChI is InChI=1S/C14H19N3O/c1-17(8-3-9-18-2)14-5-4-13(15)11-6-7-16-10-12(11)14/h4-7,10H,3,8-9,15H2,1-2H3. The summed E-state index contributed by atoms with van der Waals surface area (Å²) in [6.45, 7) is 1.72. The highest BCUT2D eigenvalue weighted by molar-refractivity contribution is 6.00. The van der Waals surface area contributed by atoms with Crippen LogP contribution in [0.25, 0.3) is 10.8 Å². The summed E-state index contributed by atoms with van der Waals surface area (Å²) in [5, 5.41) is 2.15. The summed E-state index contributed by atoms with van der Waals surface area (Å²) in [5.41, 5.74) is 7.93. The summed E-state index contributed by atoms with van der Waals surface area (Å²) in [5.74, 6) is 0. The summed E-state index contributed by atoms with van der Waals surface area (Å²) < 4.78 is 5.08. The molecule has 0 aliphatic heterocycles. The van der Waals surface area contributed by atoms with Gasteiger partial charge in [0.25, 0.3) is 0 Å². The summed E-state index contributed by atoms with van der Waals surface area (Å²) in [6, 6.07) is 5.95. The van der Waals surface area contributed by atoms with Crippen molar-refractivity contribution in [3.8, 4) is 0 Å². The summed E-state index contributed by atoms with van der Waals surface area (Å²) >= 11 is 0. The van der Waals surface area contributed by atoms with Gasteiger partial charge in [0, 0.05) is 61.9 Å². The lowest BCUT2D eigenvalue weighted by atomic mass is 10.1. The lowest BCUT2D eigenvalue weighted by molar-refractivity contribution is 0.196. The van der Waals surface area contributed by atoms with Gasteiger partial charge >= 0.3 is 0 Å². The quantitative estimate of drug-likeness (QED) is 0.648. The monoisotopic (exact) mass is 245 g/mol. The summed E-state index contributed by atoms with van der Waals surface area (Å²) in [4.78, 5) is 6.40. The van der Waals surface area contributed by atoms with Gasteiger partial charge < -0.3 is 15.4 Å². The van der Waals surface area contributed by atoms with E-state index < -0.39 is 0 Å². The fourth-order valence-electron chi connectivity index (χ4n) is 2.10.